The van der Waals surface area contributed by atoms with Gasteiger partial charge in [-0.25, -0.2) is 0 Å². The second-order valence-corrected chi connectivity index (χ2v) is 10.6. The van der Waals surface area contributed by atoms with Crippen molar-refractivity contribution in [3.8, 4) is 11.8 Å². The van der Waals surface area contributed by atoms with E-state index in [2.05, 4.69) is 24.1 Å². The van der Waals surface area contributed by atoms with Gasteiger partial charge in [-0.1, -0.05) is 24.8 Å². The molecule has 0 spiro atoms. The molecule has 7 heteroatoms. The Labute approximate surface area is 206 Å². The predicted molar refractivity (Wildman–Crippen MR) is 130 cm³/mol. The van der Waals surface area contributed by atoms with Crippen LogP contribution in [0.2, 0.25) is 0 Å². The number of benzene rings is 1. The second kappa shape index (κ2) is 9.85. The first-order valence-corrected chi connectivity index (χ1v) is 13.0. The highest BCUT2D eigenvalue weighted by atomic mass is 16.2. The minimum atomic E-state index is -0.605. The number of piperidine rings is 2. The lowest BCUT2D eigenvalue weighted by Gasteiger charge is -2.34. The number of amides is 4. The Morgan fingerprint density at radius 1 is 1.00 bits per heavy atom. The zero-order chi connectivity index (χ0) is 24.5. The first kappa shape index (κ1) is 23.6. The second-order valence-electron chi connectivity index (χ2n) is 10.6. The van der Waals surface area contributed by atoms with E-state index in [0.717, 1.165) is 68.7 Å². The summed E-state index contributed by atoms with van der Waals surface area (Å²) in [6, 6.07) is 5.05. The zero-order valence-corrected chi connectivity index (χ0v) is 20.3. The van der Waals surface area contributed by atoms with Crippen molar-refractivity contribution in [1.29, 1.82) is 0 Å². The van der Waals surface area contributed by atoms with Crippen molar-refractivity contribution < 1.29 is 19.2 Å². The molecule has 1 saturated carbocycles. The van der Waals surface area contributed by atoms with Crippen LogP contribution in [0.15, 0.2) is 18.2 Å². The largest absolute Gasteiger partial charge is 0.342 e. The van der Waals surface area contributed by atoms with Gasteiger partial charge in [0.2, 0.25) is 17.7 Å². The molecule has 4 aliphatic rings. The van der Waals surface area contributed by atoms with Gasteiger partial charge < -0.3 is 9.80 Å². The van der Waals surface area contributed by atoms with E-state index in [4.69, 9.17) is 0 Å². The molecule has 0 aromatic heterocycles. The van der Waals surface area contributed by atoms with E-state index in [0.29, 0.717) is 24.4 Å². The monoisotopic (exact) mass is 475 g/mol. The fourth-order valence-corrected chi connectivity index (χ4v) is 5.83. The average molecular weight is 476 g/mol. The van der Waals surface area contributed by atoms with E-state index in [-0.39, 0.29) is 30.1 Å². The summed E-state index contributed by atoms with van der Waals surface area (Å²) < 4.78 is 0. The number of nitrogens with zero attached hydrogens (tertiary/aromatic N) is 2. The molecule has 1 unspecified atom stereocenters. The van der Waals surface area contributed by atoms with Crippen LogP contribution < -0.4 is 5.32 Å². The number of rotatable bonds is 2. The molecule has 1 aliphatic carbocycles. The summed E-state index contributed by atoms with van der Waals surface area (Å²) in [5, 5.41) is 2.33. The normalized spacial score (nSPS) is 27.2. The van der Waals surface area contributed by atoms with Gasteiger partial charge in [-0.15, -0.1) is 0 Å². The molecular formula is C28H33N3O4. The van der Waals surface area contributed by atoms with Gasteiger partial charge >= 0.3 is 0 Å². The van der Waals surface area contributed by atoms with Crippen LogP contribution in [0, 0.1) is 29.6 Å². The molecule has 0 bridgehead atoms. The van der Waals surface area contributed by atoms with Crippen LogP contribution in [0.4, 0.5) is 0 Å². The van der Waals surface area contributed by atoms with Gasteiger partial charge in [0.05, 0.1) is 0 Å². The Morgan fingerprint density at radius 3 is 2.46 bits per heavy atom. The molecule has 2 saturated heterocycles. The summed E-state index contributed by atoms with van der Waals surface area (Å²) in [4.78, 5) is 53.1. The van der Waals surface area contributed by atoms with Gasteiger partial charge in [0, 0.05) is 49.0 Å². The quantitative estimate of drug-likeness (QED) is 0.526. The summed E-state index contributed by atoms with van der Waals surface area (Å²) in [6.45, 7) is 4.19. The topological polar surface area (TPSA) is 86.8 Å². The molecule has 1 aromatic carbocycles. The number of likely N-dealkylation sites (tertiary alicyclic amines) is 1. The van der Waals surface area contributed by atoms with Crippen LogP contribution in [0.5, 0.6) is 0 Å². The maximum Gasteiger partial charge on any atom is 0.255 e. The molecule has 3 heterocycles. The summed E-state index contributed by atoms with van der Waals surface area (Å²) in [6.07, 6.45) is 6.75. The van der Waals surface area contributed by atoms with Crippen LogP contribution in [0.1, 0.15) is 79.8 Å². The maximum absolute atomic E-state index is 13.0. The molecule has 1 aromatic rings. The van der Waals surface area contributed by atoms with Gasteiger partial charge in [0.15, 0.2) is 0 Å². The van der Waals surface area contributed by atoms with Crippen molar-refractivity contribution in [1.82, 2.24) is 15.1 Å². The van der Waals surface area contributed by atoms with Gasteiger partial charge in [-0.05, 0) is 68.6 Å². The molecule has 1 N–H and O–H groups in total. The molecule has 5 rings (SSSR count). The lowest BCUT2D eigenvalue weighted by atomic mass is 9.82. The van der Waals surface area contributed by atoms with E-state index < -0.39 is 11.9 Å². The highest BCUT2D eigenvalue weighted by Gasteiger charge is 2.39. The van der Waals surface area contributed by atoms with E-state index in [1.54, 1.807) is 4.90 Å². The minimum absolute atomic E-state index is 0.179. The summed E-state index contributed by atoms with van der Waals surface area (Å²) >= 11 is 0. The van der Waals surface area contributed by atoms with E-state index >= 15 is 0 Å². The standard InChI is InChI=1S/C28H33N3O4/c1-18-2-7-21(8-3-18)27(34)30-14-12-19(13-15-30)4-5-20-6-9-22-17-31(28(35)23(22)16-20)24-10-11-25(32)29-26(24)33/h6,9,16,18-19,21,24H,2-3,7-8,10-15,17H2,1H3,(H,29,32,33)/t18-,21-,24?. The van der Waals surface area contributed by atoms with Crippen LogP contribution in [0.25, 0.3) is 0 Å². The van der Waals surface area contributed by atoms with Gasteiger partial charge in [0.1, 0.15) is 6.04 Å². The van der Waals surface area contributed by atoms with Crippen LogP contribution in [0.3, 0.4) is 0 Å². The molecular weight excluding hydrogens is 442 g/mol. The molecule has 184 valence electrons. The van der Waals surface area contributed by atoms with E-state index in [1.807, 2.05) is 23.1 Å². The summed E-state index contributed by atoms with van der Waals surface area (Å²) in [5.41, 5.74) is 2.26. The van der Waals surface area contributed by atoms with Crippen molar-refractivity contribution in [3.05, 3.63) is 34.9 Å². The molecule has 1 atom stereocenters. The van der Waals surface area contributed by atoms with Crippen LogP contribution in [-0.2, 0) is 20.9 Å². The predicted octanol–water partition coefficient (Wildman–Crippen LogP) is 2.86. The number of fused-ring (bicyclic) bond motifs is 1. The lowest BCUT2D eigenvalue weighted by Crippen LogP contribution is -2.52. The Kier molecular flexibility index (Phi) is 6.64. The highest BCUT2D eigenvalue weighted by molar-refractivity contribution is 6.05. The molecule has 35 heavy (non-hydrogen) atoms. The van der Waals surface area contributed by atoms with Crippen LogP contribution >= 0.6 is 0 Å². The molecule has 7 nitrogen and oxygen atoms in total. The molecule has 4 amide bonds. The molecule has 3 fully saturated rings. The summed E-state index contributed by atoms with van der Waals surface area (Å²) in [7, 11) is 0. The van der Waals surface area contributed by atoms with E-state index in [9.17, 15) is 19.2 Å². The maximum atomic E-state index is 13.0. The first-order valence-electron chi connectivity index (χ1n) is 13.0. The van der Waals surface area contributed by atoms with E-state index in [1.165, 1.54) is 0 Å². The third kappa shape index (κ3) is 4.98. The number of imide groups is 1. The van der Waals surface area contributed by atoms with Crippen molar-refractivity contribution >= 4 is 23.6 Å². The third-order valence-corrected chi connectivity index (χ3v) is 8.12. The Hall–Kier alpha value is -3.14. The smallest absolute Gasteiger partial charge is 0.255 e. The third-order valence-electron chi connectivity index (χ3n) is 8.12. The summed E-state index contributed by atoms with van der Waals surface area (Å²) in [5.74, 6) is 7.27. The fraction of sp³-hybridized carbons (Fsp3) is 0.571. The van der Waals surface area contributed by atoms with Crippen molar-refractivity contribution in [3.63, 3.8) is 0 Å². The molecule has 3 aliphatic heterocycles. The minimum Gasteiger partial charge on any atom is -0.342 e. The zero-order valence-electron chi connectivity index (χ0n) is 20.3. The number of carbonyl (C=O) groups excluding carboxylic acids is 4. The first-order chi connectivity index (χ1) is 16.9. The van der Waals surface area contributed by atoms with Crippen molar-refractivity contribution in [2.75, 3.05) is 13.1 Å². The number of carbonyl (C=O) groups is 4. The number of hydrogen-bond acceptors (Lipinski definition) is 4. The fourth-order valence-electron chi connectivity index (χ4n) is 5.83. The van der Waals surface area contributed by atoms with Crippen molar-refractivity contribution in [2.45, 2.75) is 70.9 Å². The Morgan fingerprint density at radius 2 is 1.74 bits per heavy atom. The molecule has 0 radical (unpaired) electrons. The highest BCUT2D eigenvalue weighted by Crippen LogP contribution is 2.31. The van der Waals surface area contributed by atoms with Crippen molar-refractivity contribution in [2.24, 2.45) is 17.8 Å². The van der Waals surface area contributed by atoms with Gasteiger partial charge in [-0.3, -0.25) is 24.5 Å². The lowest BCUT2D eigenvalue weighted by molar-refractivity contribution is -0.138. The van der Waals surface area contributed by atoms with Gasteiger partial charge in [-0.2, -0.15) is 0 Å². The van der Waals surface area contributed by atoms with Gasteiger partial charge in [0.25, 0.3) is 5.91 Å². The Bertz CT molecular complexity index is 1100. The average Bonchev–Trinajstić information content (AvgIpc) is 3.18. The Balaban J connectivity index is 1.17. The SMILES string of the molecule is C[C@H]1CC[C@H](C(=O)N2CCC(C#Cc3ccc4c(c3)C(=O)N(C3CCC(=O)NC3=O)C4)CC2)CC1. The van der Waals surface area contributed by atoms with Crippen LogP contribution in [-0.4, -0.2) is 52.6 Å². The number of hydrogen-bond donors (Lipinski definition) is 1. The number of nitrogens with one attached hydrogen (secondary N) is 1.